The Morgan fingerprint density at radius 2 is 1.32 bits per heavy atom. The monoisotopic (exact) mass is 378 g/mol. The van der Waals surface area contributed by atoms with Crippen molar-refractivity contribution in [1.29, 1.82) is 0 Å². The largest absolute Gasteiger partial charge is 0.390 e. The molecule has 0 atom stereocenters. The van der Waals surface area contributed by atoms with Crippen LogP contribution < -0.4 is 0 Å². The summed E-state index contributed by atoms with van der Waals surface area (Å²) in [5.74, 6) is 0. The smallest absolute Gasteiger partial charge is 0.0693 e. The first-order valence-electron chi connectivity index (χ1n) is 7.67. The molecule has 1 aromatic rings. The number of aryl methyl sites for hydroxylation is 1. The molecular formula is C19H31NOY. The molecule has 0 aromatic carbocycles. The summed E-state index contributed by atoms with van der Waals surface area (Å²) in [4.78, 5) is 4.81. The van der Waals surface area contributed by atoms with Gasteiger partial charge in [-0.3, -0.25) is 4.98 Å². The minimum absolute atomic E-state index is 0. The van der Waals surface area contributed by atoms with Gasteiger partial charge >= 0.3 is 0 Å². The second-order valence-electron chi connectivity index (χ2n) is 7.35. The van der Waals surface area contributed by atoms with E-state index < -0.39 is 5.60 Å². The molecule has 0 bridgehead atoms. The molecule has 0 amide bonds. The molecule has 1 heterocycles. The predicted octanol–water partition coefficient (Wildman–Crippen LogP) is 4.90. The van der Waals surface area contributed by atoms with E-state index in [9.17, 15) is 5.11 Å². The van der Waals surface area contributed by atoms with Crippen molar-refractivity contribution < 1.29 is 37.8 Å². The molecule has 1 radical (unpaired) electrons. The second kappa shape index (κ2) is 7.24. The Bertz CT molecular complexity index is 592. The minimum Gasteiger partial charge on any atom is -0.390 e. The number of allylic oxidation sites excluding steroid dienone is 1. The van der Waals surface area contributed by atoms with E-state index in [1.54, 1.807) is 0 Å². The first-order chi connectivity index (χ1) is 9.32. The summed E-state index contributed by atoms with van der Waals surface area (Å²) in [7, 11) is 0. The molecular weight excluding hydrogens is 347 g/mol. The van der Waals surface area contributed by atoms with E-state index in [0.717, 1.165) is 11.4 Å². The molecule has 1 N–H and O–H groups in total. The number of hydrogen-bond donors (Lipinski definition) is 1. The number of aromatic nitrogens is 1. The topological polar surface area (TPSA) is 33.1 Å². The Balaban J connectivity index is 0.00000441. The van der Waals surface area contributed by atoms with Crippen molar-refractivity contribution in [1.82, 2.24) is 4.98 Å². The third-order valence-corrected chi connectivity index (χ3v) is 5.69. The molecule has 2 nitrogen and oxygen atoms in total. The van der Waals surface area contributed by atoms with E-state index in [1.807, 2.05) is 13.8 Å². The molecule has 22 heavy (non-hydrogen) atoms. The maximum absolute atomic E-state index is 10.5. The van der Waals surface area contributed by atoms with E-state index in [-0.39, 0.29) is 38.1 Å². The maximum atomic E-state index is 10.5. The Kier molecular flexibility index (Phi) is 7.22. The third-order valence-electron chi connectivity index (χ3n) is 5.69. The fourth-order valence-electron chi connectivity index (χ4n) is 2.54. The van der Waals surface area contributed by atoms with Crippen LogP contribution in [0.15, 0.2) is 5.57 Å². The third kappa shape index (κ3) is 3.89. The van der Waals surface area contributed by atoms with Gasteiger partial charge in [0.15, 0.2) is 0 Å². The van der Waals surface area contributed by atoms with Crippen molar-refractivity contribution in [2.24, 2.45) is 5.41 Å². The molecule has 0 saturated carbocycles. The van der Waals surface area contributed by atoms with Crippen molar-refractivity contribution >= 4 is 5.57 Å². The summed E-state index contributed by atoms with van der Waals surface area (Å²) in [6.45, 7) is 20.6. The number of rotatable bonds is 3. The summed E-state index contributed by atoms with van der Waals surface area (Å²) < 4.78 is 0. The number of aliphatic hydroxyl groups is 1. The Hall–Kier alpha value is -0.0461. The molecule has 1 rings (SSSR count). The Morgan fingerprint density at radius 1 is 0.864 bits per heavy atom. The average molecular weight is 378 g/mol. The number of hydrogen-bond acceptors (Lipinski definition) is 2. The van der Waals surface area contributed by atoms with Gasteiger partial charge in [-0.2, -0.15) is 0 Å². The van der Waals surface area contributed by atoms with E-state index in [1.165, 1.54) is 27.8 Å². The standard InChI is InChI=1S/C19H31NO.Y/c1-11-12(2)16(6)20-17(13(11)3)14(4)15(5)18(7,8)19(9,10)21;/h21H,1-10H3;/b15-14-;. The van der Waals surface area contributed by atoms with E-state index in [2.05, 4.69) is 55.4 Å². The van der Waals surface area contributed by atoms with E-state index >= 15 is 0 Å². The molecule has 1 aromatic heterocycles. The Morgan fingerprint density at radius 3 is 1.73 bits per heavy atom. The van der Waals surface area contributed by atoms with Gasteiger partial charge in [-0.05, 0) is 77.7 Å². The van der Waals surface area contributed by atoms with Crippen molar-refractivity contribution in [2.75, 3.05) is 0 Å². The van der Waals surface area contributed by atoms with E-state index in [4.69, 9.17) is 4.98 Å². The van der Waals surface area contributed by atoms with Crippen molar-refractivity contribution in [3.05, 3.63) is 33.7 Å². The summed E-state index contributed by atoms with van der Waals surface area (Å²) in [5.41, 5.74) is 7.24. The first-order valence-corrected chi connectivity index (χ1v) is 7.67. The zero-order chi connectivity index (χ0) is 16.7. The van der Waals surface area contributed by atoms with Crippen molar-refractivity contribution in [3.63, 3.8) is 0 Å². The van der Waals surface area contributed by atoms with Gasteiger partial charge in [0.25, 0.3) is 0 Å². The summed E-state index contributed by atoms with van der Waals surface area (Å²) >= 11 is 0. The van der Waals surface area contributed by atoms with Crippen LogP contribution in [0.2, 0.25) is 0 Å². The molecule has 0 fully saturated rings. The molecule has 121 valence electrons. The molecule has 0 spiro atoms. The van der Waals surface area contributed by atoms with Crippen LogP contribution >= 0.6 is 0 Å². The number of nitrogens with zero attached hydrogens (tertiary/aromatic N) is 1. The fraction of sp³-hybridized carbons (Fsp3) is 0.632. The quantitative estimate of drug-likeness (QED) is 0.811. The minimum atomic E-state index is -0.777. The van der Waals surface area contributed by atoms with Crippen LogP contribution in [-0.2, 0) is 32.7 Å². The zero-order valence-corrected chi connectivity index (χ0v) is 18.8. The average Bonchev–Trinajstić information content (AvgIpc) is 2.37. The second-order valence-corrected chi connectivity index (χ2v) is 7.35. The molecule has 0 aliphatic carbocycles. The zero-order valence-electron chi connectivity index (χ0n) is 16.0. The molecule has 0 aliphatic heterocycles. The van der Waals surface area contributed by atoms with Crippen LogP contribution in [0.3, 0.4) is 0 Å². The maximum Gasteiger partial charge on any atom is 0.0693 e. The summed E-state index contributed by atoms with van der Waals surface area (Å²) in [6.07, 6.45) is 0. The van der Waals surface area contributed by atoms with E-state index in [0.29, 0.717) is 0 Å². The van der Waals surface area contributed by atoms with Gasteiger partial charge in [0.1, 0.15) is 0 Å². The molecule has 0 saturated heterocycles. The molecule has 3 heteroatoms. The number of pyridine rings is 1. The van der Waals surface area contributed by atoms with Crippen LogP contribution in [0.5, 0.6) is 0 Å². The van der Waals surface area contributed by atoms with Gasteiger partial charge in [0.05, 0.1) is 11.3 Å². The van der Waals surface area contributed by atoms with Gasteiger partial charge in [0.2, 0.25) is 0 Å². The predicted molar refractivity (Wildman–Crippen MR) is 91.5 cm³/mol. The van der Waals surface area contributed by atoms with Crippen LogP contribution in [0.1, 0.15) is 69.6 Å². The first kappa shape index (κ1) is 22.0. The summed E-state index contributed by atoms with van der Waals surface area (Å²) in [5, 5.41) is 10.5. The van der Waals surface area contributed by atoms with Crippen LogP contribution in [0.4, 0.5) is 0 Å². The molecule has 0 unspecified atom stereocenters. The normalized spacial score (nSPS) is 13.6. The van der Waals surface area contributed by atoms with Crippen LogP contribution in [0, 0.1) is 33.1 Å². The van der Waals surface area contributed by atoms with Gasteiger partial charge in [0, 0.05) is 43.8 Å². The SMILES string of the molecule is C/C(=C(\C)C(C)(C)C(C)(C)O)c1nc(C)c(C)c(C)c1C.[Y]. The van der Waals surface area contributed by atoms with Gasteiger partial charge < -0.3 is 5.11 Å². The fourth-order valence-corrected chi connectivity index (χ4v) is 2.54. The van der Waals surface area contributed by atoms with Gasteiger partial charge in [-0.1, -0.05) is 19.4 Å². The van der Waals surface area contributed by atoms with Crippen LogP contribution in [0.25, 0.3) is 5.57 Å². The van der Waals surface area contributed by atoms with Gasteiger partial charge in [-0.15, -0.1) is 0 Å². The Labute approximate surface area is 161 Å². The van der Waals surface area contributed by atoms with Crippen molar-refractivity contribution in [2.45, 2.75) is 74.8 Å². The van der Waals surface area contributed by atoms with Crippen molar-refractivity contribution in [3.8, 4) is 0 Å². The summed E-state index contributed by atoms with van der Waals surface area (Å²) in [6, 6.07) is 0. The van der Waals surface area contributed by atoms with Crippen LogP contribution in [-0.4, -0.2) is 15.7 Å². The van der Waals surface area contributed by atoms with Gasteiger partial charge in [-0.25, -0.2) is 0 Å². The molecule has 0 aliphatic rings.